The van der Waals surface area contributed by atoms with Gasteiger partial charge in [0.1, 0.15) is 5.75 Å². The summed E-state index contributed by atoms with van der Waals surface area (Å²) in [4.78, 5) is 68.7. The molecule has 1 aromatic heterocycles. The third-order valence-electron chi connectivity index (χ3n) is 9.15. The Labute approximate surface area is 339 Å². The monoisotopic (exact) mass is 813 g/mol. The van der Waals surface area contributed by atoms with Crippen molar-refractivity contribution in [2.75, 3.05) is 70.0 Å². The van der Waals surface area contributed by atoms with Gasteiger partial charge >= 0.3 is 0 Å². The molecule has 5 amide bonds. The summed E-state index contributed by atoms with van der Waals surface area (Å²) < 4.78 is 22.0. The highest BCUT2D eigenvalue weighted by Crippen LogP contribution is 2.33. The highest BCUT2D eigenvalue weighted by atomic mass is 32.1. The molecule has 0 radical (unpaired) electrons. The highest BCUT2D eigenvalue weighted by Gasteiger charge is 2.33. The second kappa shape index (κ2) is 21.2. The van der Waals surface area contributed by atoms with Crippen molar-refractivity contribution in [2.24, 2.45) is 5.73 Å². The van der Waals surface area contributed by atoms with Gasteiger partial charge in [0.25, 0.3) is 23.6 Å². The SMILES string of the molecule is N[C@@H](Cc1cscn1)C(=O)NCCOCCOCCOCCNC(=O)c1ccc(NC(=O)c2ccc(CN(C(=O)c3ccc4c(c3)OCC(=O)N4)C3CC3)cc2)cc1. The summed E-state index contributed by atoms with van der Waals surface area (Å²) in [5.41, 5.74) is 11.7. The Bertz CT molecular complexity index is 2010. The normalized spacial score (nSPS) is 13.7. The number of rotatable bonds is 22. The molecule has 16 nitrogen and oxygen atoms in total. The van der Waals surface area contributed by atoms with Crippen LogP contribution >= 0.6 is 11.3 Å². The number of ether oxygens (including phenoxy) is 4. The van der Waals surface area contributed by atoms with E-state index in [1.807, 2.05) is 22.4 Å². The zero-order valence-electron chi connectivity index (χ0n) is 31.9. The zero-order chi connectivity index (χ0) is 40.7. The molecule has 58 heavy (non-hydrogen) atoms. The van der Waals surface area contributed by atoms with E-state index in [1.54, 1.807) is 60.1 Å². The van der Waals surface area contributed by atoms with Gasteiger partial charge in [-0.3, -0.25) is 24.0 Å². The summed E-state index contributed by atoms with van der Waals surface area (Å²) in [7, 11) is 0. The van der Waals surface area contributed by atoms with Crippen molar-refractivity contribution in [1.29, 1.82) is 0 Å². The van der Waals surface area contributed by atoms with E-state index in [1.165, 1.54) is 11.3 Å². The van der Waals surface area contributed by atoms with E-state index in [-0.39, 0.29) is 42.2 Å². The highest BCUT2D eigenvalue weighted by molar-refractivity contribution is 7.07. The number of nitrogens with two attached hydrogens (primary N) is 1. The first-order valence-corrected chi connectivity index (χ1v) is 20.0. The average molecular weight is 814 g/mol. The van der Waals surface area contributed by atoms with E-state index >= 15 is 0 Å². The predicted molar refractivity (Wildman–Crippen MR) is 216 cm³/mol. The molecule has 17 heteroatoms. The van der Waals surface area contributed by atoms with Crippen molar-refractivity contribution in [3.63, 3.8) is 0 Å². The molecule has 0 spiro atoms. The number of fused-ring (bicyclic) bond motifs is 1. The molecule has 1 aliphatic heterocycles. The van der Waals surface area contributed by atoms with Gasteiger partial charge in [-0.05, 0) is 73.0 Å². The molecule has 2 aliphatic rings. The quantitative estimate of drug-likeness (QED) is 0.0728. The maximum absolute atomic E-state index is 13.5. The van der Waals surface area contributed by atoms with Crippen molar-refractivity contribution < 1.29 is 42.9 Å². The van der Waals surface area contributed by atoms with E-state index in [9.17, 15) is 24.0 Å². The Morgan fingerprint density at radius 1 is 0.845 bits per heavy atom. The number of carbonyl (C=O) groups is 5. The van der Waals surface area contributed by atoms with Gasteiger partial charge in [0.15, 0.2) is 6.61 Å². The van der Waals surface area contributed by atoms with Crippen molar-refractivity contribution >= 4 is 52.2 Å². The van der Waals surface area contributed by atoms with Crippen LogP contribution in [0.4, 0.5) is 11.4 Å². The number of carbonyl (C=O) groups excluding carboxylic acids is 5. The van der Waals surface area contributed by atoms with Gasteiger partial charge in [-0.1, -0.05) is 12.1 Å². The van der Waals surface area contributed by atoms with Gasteiger partial charge < -0.3 is 50.8 Å². The fraction of sp³-hybridized carbons (Fsp3) is 0.366. The molecule has 6 rings (SSSR count). The lowest BCUT2D eigenvalue weighted by Crippen LogP contribution is -2.43. The van der Waals surface area contributed by atoms with Gasteiger partial charge in [0, 0.05) is 59.9 Å². The molecular weight excluding hydrogens is 767 g/mol. The molecule has 1 atom stereocenters. The number of anilines is 2. The number of nitrogens with one attached hydrogen (secondary N) is 4. The van der Waals surface area contributed by atoms with E-state index in [0.717, 1.165) is 24.1 Å². The molecule has 1 aliphatic carbocycles. The minimum Gasteiger partial charge on any atom is -0.482 e. The summed E-state index contributed by atoms with van der Waals surface area (Å²) in [6, 6.07) is 18.2. The second-order valence-corrected chi connectivity index (χ2v) is 14.3. The summed E-state index contributed by atoms with van der Waals surface area (Å²) >= 11 is 1.46. The van der Waals surface area contributed by atoms with Gasteiger partial charge in [0.05, 0.1) is 62.6 Å². The minimum atomic E-state index is -0.652. The molecule has 2 heterocycles. The third kappa shape index (κ3) is 12.6. The van der Waals surface area contributed by atoms with Crippen LogP contribution in [0, 0.1) is 0 Å². The third-order valence-corrected chi connectivity index (χ3v) is 9.79. The molecule has 0 bridgehead atoms. The van der Waals surface area contributed by atoms with Crippen LogP contribution in [0.1, 0.15) is 55.2 Å². The lowest BCUT2D eigenvalue weighted by molar-refractivity contribution is -0.122. The van der Waals surface area contributed by atoms with Crippen LogP contribution < -0.4 is 31.7 Å². The van der Waals surface area contributed by atoms with E-state index in [0.29, 0.717) is 99.5 Å². The molecule has 6 N–H and O–H groups in total. The smallest absolute Gasteiger partial charge is 0.262 e. The predicted octanol–water partition coefficient (Wildman–Crippen LogP) is 3.00. The topological polar surface area (TPSA) is 213 Å². The number of thiazole rings is 1. The Kier molecular flexibility index (Phi) is 15.3. The molecular formula is C41H47N7O9S. The van der Waals surface area contributed by atoms with E-state index in [2.05, 4.69) is 26.3 Å². The van der Waals surface area contributed by atoms with Gasteiger partial charge in [-0.25, -0.2) is 4.98 Å². The lowest BCUT2D eigenvalue weighted by Gasteiger charge is -2.24. The van der Waals surface area contributed by atoms with Crippen molar-refractivity contribution in [2.45, 2.75) is 37.9 Å². The molecule has 0 unspecified atom stereocenters. The van der Waals surface area contributed by atoms with Crippen molar-refractivity contribution in [1.82, 2.24) is 20.5 Å². The number of hydrogen-bond acceptors (Lipinski definition) is 12. The summed E-state index contributed by atoms with van der Waals surface area (Å²) in [6.07, 6.45) is 2.24. The standard InChI is InChI=1S/C41H47N7O9S/c42-34(22-32-25-58-26-45-32)40(52)44-14-16-55-18-20-56-19-17-54-15-13-43-38(50)28-5-8-31(9-6-28)46-39(51)29-3-1-27(2-4-29)23-48(33-10-11-33)41(53)30-7-12-35-36(21-30)57-24-37(49)47-35/h1-9,12,21,25-26,33-34H,10-11,13-20,22-24,42H2,(H,43,50)(H,44,52)(H,46,51)(H,47,49)/t34-/m0/s1. The zero-order valence-corrected chi connectivity index (χ0v) is 32.7. The lowest BCUT2D eigenvalue weighted by atomic mass is 10.1. The van der Waals surface area contributed by atoms with Crippen LogP contribution in [0.15, 0.2) is 77.6 Å². The molecule has 1 fully saturated rings. The minimum absolute atomic E-state index is 0.0891. The van der Waals surface area contributed by atoms with Gasteiger partial charge in [-0.15, -0.1) is 11.3 Å². The second-order valence-electron chi connectivity index (χ2n) is 13.6. The molecule has 4 aromatic rings. The fourth-order valence-electron chi connectivity index (χ4n) is 5.91. The Morgan fingerprint density at radius 3 is 2.16 bits per heavy atom. The number of nitrogens with zero attached hydrogens (tertiary/aromatic N) is 2. The largest absolute Gasteiger partial charge is 0.482 e. The Morgan fingerprint density at radius 2 is 1.48 bits per heavy atom. The van der Waals surface area contributed by atoms with Crippen LogP contribution in [0.3, 0.4) is 0 Å². The number of aromatic nitrogens is 1. The number of hydrogen-bond donors (Lipinski definition) is 5. The van der Waals surface area contributed by atoms with Crippen LogP contribution in [0.5, 0.6) is 5.75 Å². The van der Waals surface area contributed by atoms with Gasteiger partial charge in [0.2, 0.25) is 5.91 Å². The first kappa shape index (κ1) is 41.9. The molecule has 1 saturated carbocycles. The summed E-state index contributed by atoms with van der Waals surface area (Å²) in [6.45, 7) is 3.08. The fourth-order valence-corrected chi connectivity index (χ4v) is 6.48. The van der Waals surface area contributed by atoms with Crippen LogP contribution in [0.25, 0.3) is 0 Å². The maximum Gasteiger partial charge on any atom is 0.262 e. The molecule has 3 aromatic carbocycles. The van der Waals surface area contributed by atoms with Gasteiger partial charge in [-0.2, -0.15) is 0 Å². The first-order valence-electron chi connectivity index (χ1n) is 19.0. The number of amides is 5. The van der Waals surface area contributed by atoms with Crippen molar-refractivity contribution in [3.8, 4) is 5.75 Å². The molecule has 306 valence electrons. The van der Waals surface area contributed by atoms with Crippen molar-refractivity contribution in [3.05, 3.63) is 106 Å². The summed E-state index contributed by atoms with van der Waals surface area (Å²) in [5.74, 6) is -0.708. The number of benzene rings is 3. The van der Waals surface area contributed by atoms with Crippen LogP contribution in [-0.4, -0.2) is 111 Å². The first-order chi connectivity index (χ1) is 28.2. The Balaban J connectivity index is 0.816. The Hall–Kier alpha value is -5.72. The average Bonchev–Trinajstić information content (AvgIpc) is 3.95. The van der Waals surface area contributed by atoms with Crippen LogP contribution in [-0.2, 0) is 36.8 Å². The van der Waals surface area contributed by atoms with Crippen LogP contribution in [0.2, 0.25) is 0 Å². The maximum atomic E-state index is 13.5. The van der Waals surface area contributed by atoms with E-state index in [4.69, 9.17) is 24.7 Å². The van der Waals surface area contributed by atoms with E-state index < -0.39 is 6.04 Å². The molecule has 0 saturated heterocycles. The summed E-state index contributed by atoms with van der Waals surface area (Å²) in [5, 5.41) is 13.0.